The van der Waals surface area contributed by atoms with Gasteiger partial charge in [-0.2, -0.15) is 0 Å². The van der Waals surface area contributed by atoms with E-state index >= 15 is 0 Å². The minimum Gasteiger partial charge on any atom is -0.379 e. The number of nitrogens with zero attached hydrogens (tertiary/aromatic N) is 5. The van der Waals surface area contributed by atoms with Crippen LogP contribution < -0.4 is 10.6 Å². The quantitative estimate of drug-likeness (QED) is 0.314. The molecule has 1 atom stereocenters. The van der Waals surface area contributed by atoms with E-state index in [0.29, 0.717) is 12.5 Å². The van der Waals surface area contributed by atoms with Crippen LogP contribution in [0.4, 0.5) is 0 Å². The summed E-state index contributed by atoms with van der Waals surface area (Å²) in [4.78, 5) is 7.24. The second-order valence-electron chi connectivity index (χ2n) is 7.92. The lowest BCUT2D eigenvalue weighted by molar-refractivity contribution is 0.0376. The third kappa shape index (κ3) is 8.70. The van der Waals surface area contributed by atoms with Gasteiger partial charge in [0.15, 0.2) is 11.8 Å². The van der Waals surface area contributed by atoms with Gasteiger partial charge in [-0.05, 0) is 32.2 Å². The SMILES string of the molecule is CCCCC(CC)CNC(=NCc1nnc(C)n1C)NCCCN1CCOCC1. The monoisotopic (exact) mass is 407 g/mol. The molecule has 1 fully saturated rings. The highest BCUT2D eigenvalue weighted by atomic mass is 16.5. The minimum absolute atomic E-state index is 0.530. The first-order valence-corrected chi connectivity index (χ1v) is 11.3. The molecule has 2 rings (SSSR count). The fourth-order valence-corrected chi connectivity index (χ4v) is 3.43. The maximum atomic E-state index is 5.42. The molecule has 2 N–H and O–H groups in total. The van der Waals surface area contributed by atoms with Gasteiger partial charge in [0, 0.05) is 33.2 Å². The summed E-state index contributed by atoms with van der Waals surface area (Å²) in [5.41, 5.74) is 0. The Bertz CT molecular complexity index is 596. The molecule has 2 heterocycles. The van der Waals surface area contributed by atoms with E-state index in [1.54, 1.807) is 0 Å². The van der Waals surface area contributed by atoms with E-state index in [2.05, 4.69) is 39.6 Å². The summed E-state index contributed by atoms with van der Waals surface area (Å²) in [7, 11) is 1.99. The van der Waals surface area contributed by atoms with E-state index in [4.69, 9.17) is 9.73 Å². The summed E-state index contributed by atoms with van der Waals surface area (Å²) in [6.45, 7) is 13.8. The van der Waals surface area contributed by atoms with E-state index in [0.717, 1.165) is 70.0 Å². The first-order chi connectivity index (χ1) is 14.1. The predicted molar refractivity (Wildman–Crippen MR) is 118 cm³/mol. The highest BCUT2D eigenvalue weighted by molar-refractivity contribution is 5.79. The Morgan fingerprint density at radius 2 is 1.97 bits per heavy atom. The largest absolute Gasteiger partial charge is 0.379 e. The Morgan fingerprint density at radius 1 is 1.17 bits per heavy atom. The second kappa shape index (κ2) is 13.5. The third-order valence-corrected chi connectivity index (χ3v) is 5.71. The smallest absolute Gasteiger partial charge is 0.191 e. The first kappa shape index (κ1) is 23.6. The molecule has 166 valence electrons. The molecular weight excluding hydrogens is 366 g/mol. The van der Waals surface area contributed by atoms with Gasteiger partial charge in [0.05, 0.1) is 13.2 Å². The predicted octanol–water partition coefficient (Wildman–Crippen LogP) is 2.10. The molecule has 0 amide bonds. The topological polar surface area (TPSA) is 79.6 Å². The van der Waals surface area contributed by atoms with E-state index in [1.165, 1.54) is 25.7 Å². The number of hydrogen-bond donors (Lipinski definition) is 2. The molecule has 1 aromatic rings. The lowest BCUT2D eigenvalue weighted by atomic mass is 9.99. The van der Waals surface area contributed by atoms with Crippen LogP contribution in [-0.2, 0) is 18.3 Å². The van der Waals surface area contributed by atoms with Crippen molar-refractivity contribution in [3.8, 4) is 0 Å². The van der Waals surface area contributed by atoms with Crippen LogP contribution in [0.2, 0.25) is 0 Å². The number of ether oxygens (including phenoxy) is 1. The summed E-state index contributed by atoms with van der Waals surface area (Å²) in [6.07, 6.45) is 6.10. The van der Waals surface area contributed by atoms with Gasteiger partial charge in [-0.25, -0.2) is 4.99 Å². The van der Waals surface area contributed by atoms with Crippen molar-refractivity contribution in [3.05, 3.63) is 11.6 Å². The molecule has 0 aliphatic carbocycles. The Morgan fingerprint density at radius 3 is 2.62 bits per heavy atom. The Balaban J connectivity index is 1.85. The number of nitrogens with one attached hydrogen (secondary N) is 2. The highest BCUT2D eigenvalue weighted by Gasteiger charge is 2.11. The number of rotatable bonds is 12. The van der Waals surface area contributed by atoms with Crippen LogP contribution in [-0.4, -0.2) is 71.6 Å². The van der Waals surface area contributed by atoms with E-state index in [1.807, 2.05) is 18.5 Å². The van der Waals surface area contributed by atoms with Crippen molar-refractivity contribution < 1.29 is 4.74 Å². The lowest BCUT2D eigenvalue weighted by Gasteiger charge is -2.26. The van der Waals surface area contributed by atoms with Crippen LogP contribution in [0.25, 0.3) is 0 Å². The van der Waals surface area contributed by atoms with E-state index in [-0.39, 0.29) is 0 Å². The number of aryl methyl sites for hydroxylation is 1. The van der Waals surface area contributed by atoms with Crippen molar-refractivity contribution in [2.45, 2.75) is 59.4 Å². The van der Waals surface area contributed by atoms with Gasteiger partial charge in [0.2, 0.25) is 0 Å². The van der Waals surface area contributed by atoms with Gasteiger partial charge in [-0.15, -0.1) is 10.2 Å². The maximum Gasteiger partial charge on any atom is 0.191 e. The summed E-state index contributed by atoms with van der Waals surface area (Å²) < 4.78 is 7.42. The number of hydrogen-bond acceptors (Lipinski definition) is 5. The number of aliphatic imine (C=N–C) groups is 1. The van der Waals surface area contributed by atoms with Crippen LogP contribution in [0, 0.1) is 12.8 Å². The lowest BCUT2D eigenvalue weighted by Crippen LogP contribution is -2.42. The molecule has 0 saturated carbocycles. The molecule has 1 saturated heterocycles. The number of unbranched alkanes of at least 4 members (excludes halogenated alkanes) is 1. The molecule has 0 bridgehead atoms. The Labute approximate surface area is 176 Å². The van der Waals surface area contributed by atoms with Crippen LogP contribution in [0.1, 0.15) is 57.6 Å². The average molecular weight is 408 g/mol. The molecule has 1 aliphatic rings. The molecule has 0 spiro atoms. The zero-order valence-corrected chi connectivity index (χ0v) is 18.9. The Kier molecular flexibility index (Phi) is 11.0. The number of morpholine rings is 1. The van der Waals surface area contributed by atoms with Crippen molar-refractivity contribution in [2.75, 3.05) is 45.9 Å². The molecule has 1 aliphatic heterocycles. The van der Waals surface area contributed by atoms with Crippen molar-refractivity contribution >= 4 is 5.96 Å². The van der Waals surface area contributed by atoms with Crippen molar-refractivity contribution in [1.29, 1.82) is 0 Å². The third-order valence-electron chi connectivity index (χ3n) is 5.71. The summed E-state index contributed by atoms with van der Waals surface area (Å²) in [5.74, 6) is 3.36. The van der Waals surface area contributed by atoms with Crippen LogP contribution >= 0.6 is 0 Å². The molecule has 1 aromatic heterocycles. The van der Waals surface area contributed by atoms with Gasteiger partial charge in [-0.3, -0.25) is 4.90 Å². The molecular formula is C21H41N7O. The number of guanidine groups is 1. The Hall–Kier alpha value is -1.67. The van der Waals surface area contributed by atoms with Crippen LogP contribution in [0.3, 0.4) is 0 Å². The summed E-state index contributed by atoms with van der Waals surface area (Å²) >= 11 is 0. The number of aromatic nitrogens is 3. The molecule has 8 nitrogen and oxygen atoms in total. The van der Waals surface area contributed by atoms with Gasteiger partial charge >= 0.3 is 0 Å². The molecule has 0 radical (unpaired) electrons. The van der Waals surface area contributed by atoms with E-state index < -0.39 is 0 Å². The standard InChI is InChI=1S/C21H41N7O/c1-5-7-9-19(6-2)16-23-21(24-17-20-26-25-18(3)27(20)4)22-10-8-11-28-12-14-29-15-13-28/h19H,5-17H2,1-4H3,(H2,22,23,24). The molecule has 0 aromatic carbocycles. The fourth-order valence-electron chi connectivity index (χ4n) is 3.43. The van der Waals surface area contributed by atoms with Gasteiger partial charge in [0.1, 0.15) is 12.4 Å². The molecule has 8 heteroatoms. The van der Waals surface area contributed by atoms with Crippen molar-refractivity contribution in [2.24, 2.45) is 18.0 Å². The molecule has 29 heavy (non-hydrogen) atoms. The summed E-state index contributed by atoms with van der Waals surface area (Å²) in [5, 5.41) is 15.4. The zero-order chi connectivity index (χ0) is 20.9. The minimum atomic E-state index is 0.530. The maximum absolute atomic E-state index is 5.42. The highest BCUT2D eigenvalue weighted by Crippen LogP contribution is 2.11. The summed E-state index contributed by atoms with van der Waals surface area (Å²) in [6, 6.07) is 0. The second-order valence-corrected chi connectivity index (χ2v) is 7.92. The van der Waals surface area contributed by atoms with Crippen LogP contribution in [0.15, 0.2) is 4.99 Å². The zero-order valence-electron chi connectivity index (χ0n) is 18.9. The average Bonchev–Trinajstić information content (AvgIpc) is 3.07. The van der Waals surface area contributed by atoms with Crippen molar-refractivity contribution in [1.82, 2.24) is 30.3 Å². The van der Waals surface area contributed by atoms with Crippen molar-refractivity contribution in [3.63, 3.8) is 0 Å². The fraction of sp³-hybridized carbons (Fsp3) is 0.857. The van der Waals surface area contributed by atoms with Gasteiger partial charge in [0.25, 0.3) is 0 Å². The van der Waals surface area contributed by atoms with Crippen LogP contribution in [0.5, 0.6) is 0 Å². The van der Waals surface area contributed by atoms with Gasteiger partial charge in [-0.1, -0.05) is 33.1 Å². The first-order valence-electron chi connectivity index (χ1n) is 11.3. The molecule has 1 unspecified atom stereocenters. The van der Waals surface area contributed by atoms with Gasteiger partial charge < -0.3 is 19.9 Å². The normalized spacial score (nSPS) is 16.8. The van der Waals surface area contributed by atoms with E-state index in [9.17, 15) is 0 Å².